The first kappa shape index (κ1) is 20.5. The summed E-state index contributed by atoms with van der Waals surface area (Å²) in [4.78, 5) is 0. The molecule has 2 aromatic carbocycles. The third-order valence-corrected chi connectivity index (χ3v) is 3.96. The predicted molar refractivity (Wildman–Crippen MR) is 89.6 cm³/mol. The lowest BCUT2D eigenvalue weighted by atomic mass is 10.2. The molecule has 0 unspecified atom stereocenters. The highest BCUT2D eigenvalue weighted by molar-refractivity contribution is 6.33. The summed E-state index contributed by atoms with van der Waals surface area (Å²) in [6, 6.07) is 5.62. The minimum atomic E-state index is -4.51. The molecule has 2 aromatic rings. The van der Waals surface area contributed by atoms with Crippen molar-refractivity contribution in [2.45, 2.75) is 25.4 Å². The van der Waals surface area contributed by atoms with E-state index in [4.69, 9.17) is 23.2 Å². The summed E-state index contributed by atoms with van der Waals surface area (Å²) in [7, 11) is 0. The van der Waals surface area contributed by atoms with Gasteiger partial charge in [-0.3, -0.25) is 0 Å². The molecule has 0 fully saturated rings. The molecule has 2 nitrogen and oxygen atoms in total. The molecule has 2 rings (SSSR count). The second-order valence-corrected chi connectivity index (χ2v) is 6.21. The fraction of sp³-hybridized carbons (Fsp3) is 0.250. The molecule has 0 amide bonds. The molecule has 26 heavy (non-hydrogen) atoms. The quantitative estimate of drug-likeness (QED) is 0.418. The fourth-order valence-electron chi connectivity index (χ4n) is 2.12. The molecule has 0 aliphatic carbocycles. The van der Waals surface area contributed by atoms with Crippen LogP contribution in [0, 0.1) is 0 Å². The zero-order valence-electron chi connectivity index (χ0n) is 13.1. The van der Waals surface area contributed by atoms with Gasteiger partial charge in [-0.25, -0.2) is 0 Å². The number of halogens is 8. The molecular formula is C16H12Cl2F6N2. The lowest BCUT2D eigenvalue weighted by Crippen LogP contribution is -2.25. The van der Waals surface area contributed by atoms with Crippen molar-refractivity contribution in [3.8, 4) is 0 Å². The second kappa shape index (κ2) is 7.44. The van der Waals surface area contributed by atoms with Crippen molar-refractivity contribution < 1.29 is 26.3 Å². The first-order valence-corrected chi connectivity index (χ1v) is 7.90. The highest BCUT2D eigenvalue weighted by atomic mass is 35.5. The molecular weight excluding hydrogens is 405 g/mol. The Kier molecular flexibility index (Phi) is 5.87. The molecule has 10 heteroatoms. The highest BCUT2D eigenvalue weighted by Gasteiger charge is 2.31. The van der Waals surface area contributed by atoms with Crippen molar-refractivity contribution in [3.63, 3.8) is 0 Å². The molecule has 0 aromatic heterocycles. The number of alkyl halides is 6. The van der Waals surface area contributed by atoms with Gasteiger partial charge in [0.05, 0.1) is 38.7 Å². The molecule has 142 valence electrons. The zero-order valence-corrected chi connectivity index (χ0v) is 14.6. The maximum Gasteiger partial charge on any atom is 0.416 e. The molecule has 0 atom stereocenters. The SMILES string of the molecule is CC(Nc1ccc(C(F)(F)F)cc1Cl)Nc1ccc(C(F)(F)F)cc1Cl. The molecule has 0 radical (unpaired) electrons. The molecule has 0 saturated carbocycles. The Morgan fingerprint density at radius 3 is 1.35 bits per heavy atom. The van der Waals surface area contributed by atoms with Gasteiger partial charge in [0.25, 0.3) is 0 Å². The molecule has 0 aliphatic heterocycles. The van der Waals surface area contributed by atoms with Gasteiger partial charge in [-0.2, -0.15) is 26.3 Å². The average molecular weight is 417 g/mol. The van der Waals surface area contributed by atoms with E-state index >= 15 is 0 Å². The molecule has 0 heterocycles. The zero-order chi connectivity index (χ0) is 19.7. The van der Waals surface area contributed by atoms with Crippen LogP contribution in [0.5, 0.6) is 0 Å². The van der Waals surface area contributed by atoms with Gasteiger partial charge in [0, 0.05) is 0 Å². The predicted octanol–water partition coefficient (Wildman–Crippen LogP) is 6.90. The lowest BCUT2D eigenvalue weighted by molar-refractivity contribution is -0.138. The molecule has 0 saturated heterocycles. The van der Waals surface area contributed by atoms with Gasteiger partial charge in [0.2, 0.25) is 0 Å². The Labute approximate surface area is 155 Å². The molecule has 0 bridgehead atoms. The minimum absolute atomic E-state index is 0.146. The summed E-state index contributed by atoms with van der Waals surface area (Å²) < 4.78 is 75.7. The Hall–Kier alpha value is -1.80. The summed E-state index contributed by atoms with van der Waals surface area (Å²) >= 11 is 11.7. The summed E-state index contributed by atoms with van der Waals surface area (Å²) in [5.41, 5.74) is -1.33. The van der Waals surface area contributed by atoms with Crippen LogP contribution in [0.2, 0.25) is 10.0 Å². The maximum absolute atomic E-state index is 12.6. The molecule has 2 N–H and O–H groups in total. The fourth-order valence-corrected chi connectivity index (χ4v) is 2.59. The van der Waals surface area contributed by atoms with Gasteiger partial charge in [-0.05, 0) is 43.3 Å². The van der Waals surface area contributed by atoms with E-state index in [0.717, 1.165) is 36.4 Å². The van der Waals surface area contributed by atoms with Crippen molar-refractivity contribution >= 4 is 34.6 Å². The van der Waals surface area contributed by atoms with Crippen LogP contribution in [0.25, 0.3) is 0 Å². The van der Waals surface area contributed by atoms with Crippen LogP contribution >= 0.6 is 23.2 Å². The summed E-state index contributed by atoms with van der Waals surface area (Å²) in [6.45, 7) is 1.60. The minimum Gasteiger partial charge on any atom is -0.364 e. The van der Waals surface area contributed by atoms with E-state index in [2.05, 4.69) is 10.6 Å². The van der Waals surface area contributed by atoms with E-state index < -0.39 is 29.6 Å². The van der Waals surface area contributed by atoms with Gasteiger partial charge >= 0.3 is 12.4 Å². The summed E-state index contributed by atoms with van der Waals surface area (Å²) in [5, 5.41) is 5.34. The summed E-state index contributed by atoms with van der Waals surface area (Å²) in [5.74, 6) is 0. The van der Waals surface area contributed by atoms with Crippen LogP contribution < -0.4 is 10.6 Å². The number of anilines is 2. The monoisotopic (exact) mass is 416 g/mol. The van der Waals surface area contributed by atoms with E-state index in [0.29, 0.717) is 0 Å². The van der Waals surface area contributed by atoms with Gasteiger partial charge in [0.15, 0.2) is 0 Å². The van der Waals surface area contributed by atoms with Crippen LogP contribution in [0.3, 0.4) is 0 Å². The number of nitrogens with one attached hydrogen (secondary N) is 2. The lowest BCUT2D eigenvalue weighted by Gasteiger charge is -2.21. The first-order valence-electron chi connectivity index (χ1n) is 7.14. The van der Waals surface area contributed by atoms with E-state index in [1.807, 2.05) is 0 Å². The number of hydrogen-bond donors (Lipinski definition) is 2. The van der Waals surface area contributed by atoms with Crippen LogP contribution in [0.4, 0.5) is 37.7 Å². The average Bonchev–Trinajstić information content (AvgIpc) is 2.49. The number of hydrogen-bond acceptors (Lipinski definition) is 2. The van der Waals surface area contributed by atoms with E-state index in [-0.39, 0.29) is 21.4 Å². The van der Waals surface area contributed by atoms with Gasteiger partial charge < -0.3 is 10.6 Å². The largest absolute Gasteiger partial charge is 0.416 e. The number of benzene rings is 2. The first-order chi connectivity index (χ1) is 11.9. The number of rotatable bonds is 4. The Morgan fingerprint density at radius 1 is 0.731 bits per heavy atom. The van der Waals surface area contributed by atoms with Crippen molar-refractivity contribution in [1.82, 2.24) is 0 Å². The van der Waals surface area contributed by atoms with Gasteiger partial charge in [0.1, 0.15) is 0 Å². The van der Waals surface area contributed by atoms with E-state index in [1.54, 1.807) is 6.92 Å². The van der Waals surface area contributed by atoms with Gasteiger partial charge in [-0.1, -0.05) is 23.2 Å². The van der Waals surface area contributed by atoms with E-state index in [1.165, 1.54) is 0 Å². The maximum atomic E-state index is 12.6. The van der Waals surface area contributed by atoms with E-state index in [9.17, 15) is 26.3 Å². The van der Waals surface area contributed by atoms with Gasteiger partial charge in [-0.15, -0.1) is 0 Å². The van der Waals surface area contributed by atoms with Crippen LogP contribution in [0.15, 0.2) is 36.4 Å². The van der Waals surface area contributed by atoms with Crippen molar-refractivity contribution in [2.75, 3.05) is 10.6 Å². The van der Waals surface area contributed by atoms with Crippen LogP contribution in [0.1, 0.15) is 18.1 Å². The molecule has 0 spiro atoms. The second-order valence-electron chi connectivity index (χ2n) is 5.40. The summed E-state index contributed by atoms with van der Waals surface area (Å²) in [6.07, 6.45) is -9.61. The smallest absolute Gasteiger partial charge is 0.364 e. The Balaban J connectivity index is 2.11. The Morgan fingerprint density at radius 2 is 1.08 bits per heavy atom. The van der Waals surface area contributed by atoms with Crippen molar-refractivity contribution in [3.05, 3.63) is 57.6 Å². The van der Waals surface area contributed by atoms with Crippen LogP contribution in [-0.4, -0.2) is 6.17 Å². The highest BCUT2D eigenvalue weighted by Crippen LogP contribution is 2.35. The Bertz CT molecular complexity index is 724. The van der Waals surface area contributed by atoms with Crippen LogP contribution in [-0.2, 0) is 12.4 Å². The third kappa shape index (κ3) is 5.11. The van der Waals surface area contributed by atoms with Crippen molar-refractivity contribution in [2.24, 2.45) is 0 Å². The topological polar surface area (TPSA) is 24.1 Å². The normalized spacial score (nSPS) is 12.4. The standard InChI is InChI=1S/C16H12Cl2F6N2/c1-8(25-13-4-2-9(6-11(13)17)15(19,20)21)26-14-5-3-10(7-12(14)18)16(22,23)24/h2-8,25-26H,1H3. The third-order valence-electron chi connectivity index (χ3n) is 3.34. The molecule has 0 aliphatic rings. The van der Waals surface area contributed by atoms with Crippen molar-refractivity contribution in [1.29, 1.82) is 0 Å².